The molecule has 106 valence electrons. The summed E-state index contributed by atoms with van der Waals surface area (Å²) in [6.45, 7) is 1.56. The molecule has 3 heterocycles. The summed E-state index contributed by atoms with van der Waals surface area (Å²) in [6, 6.07) is 5.51. The van der Waals surface area contributed by atoms with Crippen molar-refractivity contribution in [3.8, 4) is 6.07 Å². The number of aryl methyl sites for hydroxylation is 1. The van der Waals surface area contributed by atoms with Gasteiger partial charge < -0.3 is 9.80 Å². The van der Waals surface area contributed by atoms with Crippen molar-refractivity contribution in [2.24, 2.45) is 7.05 Å². The number of carbonyl (C=O) groups excluding carboxylic acids is 1. The van der Waals surface area contributed by atoms with Crippen LogP contribution in [0.25, 0.3) is 0 Å². The van der Waals surface area contributed by atoms with Crippen molar-refractivity contribution in [2.75, 3.05) is 29.4 Å². The standard InChI is InChI=1S/C14H14N6O/c1-18-9-12(8-17-18)20-5-4-19(10-14(20)21)13-3-2-11(6-15)7-16-13/h2-3,7-9H,4-5,10H2,1H3. The van der Waals surface area contributed by atoms with E-state index >= 15 is 0 Å². The number of nitriles is 1. The first-order valence-corrected chi connectivity index (χ1v) is 6.57. The number of piperazine rings is 1. The predicted octanol–water partition coefficient (Wildman–Crippen LogP) is 0.540. The van der Waals surface area contributed by atoms with E-state index in [2.05, 4.69) is 10.1 Å². The Hall–Kier alpha value is -2.88. The molecular weight excluding hydrogens is 268 g/mol. The van der Waals surface area contributed by atoms with E-state index in [1.165, 1.54) is 6.20 Å². The van der Waals surface area contributed by atoms with Gasteiger partial charge >= 0.3 is 0 Å². The molecule has 0 bridgehead atoms. The van der Waals surface area contributed by atoms with Crippen LogP contribution in [-0.4, -0.2) is 40.3 Å². The summed E-state index contributed by atoms with van der Waals surface area (Å²) in [4.78, 5) is 20.1. The number of hydrogen-bond donors (Lipinski definition) is 0. The van der Waals surface area contributed by atoms with Crippen molar-refractivity contribution in [3.05, 3.63) is 36.3 Å². The Bertz CT molecular complexity index is 699. The van der Waals surface area contributed by atoms with Gasteiger partial charge in [-0.05, 0) is 12.1 Å². The molecule has 0 atom stereocenters. The number of aromatic nitrogens is 3. The molecule has 2 aromatic rings. The van der Waals surface area contributed by atoms with Gasteiger partial charge in [0, 0.05) is 32.5 Å². The topological polar surface area (TPSA) is 78.0 Å². The van der Waals surface area contributed by atoms with Crippen molar-refractivity contribution in [1.82, 2.24) is 14.8 Å². The molecule has 0 aliphatic carbocycles. The number of anilines is 2. The highest BCUT2D eigenvalue weighted by Gasteiger charge is 2.26. The van der Waals surface area contributed by atoms with Crippen LogP contribution < -0.4 is 9.80 Å². The van der Waals surface area contributed by atoms with Gasteiger partial charge in [-0.15, -0.1) is 0 Å². The highest BCUT2D eigenvalue weighted by molar-refractivity contribution is 5.97. The molecule has 2 aromatic heterocycles. The fraction of sp³-hybridized carbons (Fsp3) is 0.286. The number of pyridine rings is 1. The van der Waals surface area contributed by atoms with E-state index in [1.807, 2.05) is 24.2 Å². The third-order valence-corrected chi connectivity index (χ3v) is 3.42. The molecule has 1 saturated heterocycles. The fourth-order valence-corrected chi connectivity index (χ4v) is 2.33. The van der Waals surface area contributed by atoms with Gasteiger partial charge in [-0.2, -0.15) is 10.4 Å². The van der Waals surface area contributed by atoms with Gasteiger partial charge in [0.1, 0.15) is 11.9 Å². The molecule has 0 N–H and O–H groups in total. The summed E-state index contributed by atoms with van der Waals surface area (Å²) in [5, 5.41) is 12.9. The number of nitrogens with zero attached hydrogens (tertiary/aromatic N) is 6. The summed E-state index contributed by atoms with van der Waals surface area (Å²) in [5.41, 5.74) is 1.33. The van der Waals surface area contributed by atoms with Crippen LogP contribution in [0.1, 0.15) is 5.56 Å². The molecular formula is C14H14N6O. The van der Waals surface area contributed by atoms with Crippen molar-refractivity contribution < 1.29 is 4.79 Å². The first-order chi connectivity index (χ1) is 10.2. The van der Waals surface area contributed by atoms with E-state index in [-0.39, 0.29) is 12.5 Å². The highest BCUT2D eigenvalue weighted by Crippen LogP contribution is 2.19. The lowest BCUT2D eigenvalue weighted by molar-refractivity contribution is -0.117. The molecule has 1 fully saturated rings. The zero-order valence-electron chi connectivity index (χ0n) is 11.6. The second kappa shape index (κ2) is 5.25. The maximum Gasteiger partial charge on any atom is 0.246 e. The maximum atomic E-state index is 12.3. The van der Waals surface area contributed by atoms with Gasteiger partial charge in [0.15, 0.2) is 0 Å². The van der Waals surface area contributed by atoms with Crippen LogP contribution in [-0.2, 0) is 11.8 Å². The predicted molar refractivity (Wildman–Crippen MR) is 76.7 cm³/mol. The number of carbonyl (C=O) groups is 1. The fourth-order valence-electron chi connectivity index (χ4n) is 2.33. The Kier molecular flexibility index (Phi) is 3.28. The van der Waals surface area contributed by atoms with Gasteiger partial charge in [-0.25, -0.2) is 4.98 Å². The molecule has 3 rings (SSSR count). The lowest BCUT2D eigenvalue weighted by Gasteiger charge is -2.34. The van der Waals surface area contributed by atoms with E-state index in [0.29, 0.717) is 24.5 Å². The smallest absolute Gasteiger partial charge is 0.246 e. The Morgan fingerprint density at radius 1 is 1.29 bits per heavy atom. The van der Waals surface area contributed by atoms with Gasteiger partial charge in [0.05, 0.1) is 24.0 Å². The summed E-state index contributed by atoms with van der Waals surface area (Å²) in [6.07, 6.45) is 5.04. The number of amides is 1. The molecule has 0 unspecified atom stereocenters. The number of rotatable bonds is 2. The van der Waals surface area contributed by atoms with Gasteiger partial charge in [0.2, 0.25) is 5.91 Å². The lowest BCUT2D eigenvalue weighted by Crippen LogP contribution is -2.50. The van der Waals surface area contributed by atoms with E-state index in [0.717, 1.165) is 5.69 Å². The zero-order chi connectivity index (χ0) is 14.8. The SMILES string of the molecule is Cn1cc(N2CCN(c3ccc(C#N)cn3)CC2=O)cn1. The Morgan fingerprint density at radius 3 is 2.71 bits per heavy atom. The molecule has 0 aromatic carbocycles. The lowest BCUT2D eigenvalue weighted by atomic mass is 10.2. The van der Waals surface area contributed by atoms with Gasteiger partial charge in [-0.1, -0.05) is 0 Å². The molecule has 7 nitrogen and oxygen atoms in total. The maximum absolute atomic E-state index is 12.3. The van der Waals surface area contributed by atoms with Crippen molar-refractivity contribution >= 4 is 17.4 Å². The highest BCUT2D eigenvalue weighted by atomic mass is 16.2. The first-order valence-electron chi connectivity index (χ1n) is 6.57. The van der Waals surface area contributed by atoms with Crippen LogP contribution in [0.4, 0.5) is 11.5 Å². The average Bonchev–Trinajstić information content (AvgIpc) is 2.93. The van der Waals surface area contributed by atoms with Crippen LogP contribution in [0.2, 0.25) is 0 Å². The molecule has 21 heavy (non-hydrogen) atoms. The average molecular weight is 282 g/mol. The van der Waals surface area contributed by atoms with E-state index in [4.69, 9.17) is 5.26 Å². The van der Waals surface area contributed by atoms with E-state index < -0.39 is 0 Å². The molecule has 1 aliphatic heterocycles. The monoisotopic (exact) mass is 282 g/mol. The molecule has 1 amide bonds. The minimum atomic E-state index is 0.0143. The van der Waals surface area contributed by atoms with Crippen LogP contribution in [0.15, 0.2) is 30.7 Å². The van der Waals surface area contributed by atoms with Crippen molar-refractivity contribution in [3.63, 3.8) is 0 Å². The second-order valence-electron chi connectivity index (χ2n) is 4.86. The summed E-state index contributed by atoms with van der Waals surface area (Å²) >= 11 is 0. The van der Waals surface area contributed by atoms with E-state index in [9.17, 15) is 4.79 Å². The minimum Gasteiger partial charge on any atom is -0.345 e. The molecule has 7 heteroatoms. The largest absolute Gasteiger partial charge is 0.345 e. The number of hydrogen-bond acceptors (Lipinski definition) is 5. The first kappa shape index (κ1) is 13.1. The summed E-state index contributed by atoms with van der Waals surface area (Å²) in [7, 11) is 1.82. The van der Waals surface area contributed by atoms with E-state index in [1.54, 1.807) is 27.9 Å². The van der Waals surface area contributed by atoms with Crippen molar-refractivity contribution in [1.29, 1.82) is 5.26 Å². The molecule has 1 aliphatic rings. The Morgan fingerprint density at radius 2 is 2.14 bits per heavy atom. The third-order valence-electron chi connectivity index (χ3n) is 3.42. The van der Waals surface area contributed by atoms with Crippen LogP contribution in [0, 0.1) is 11.3 Å². The second-order valence-corrected chi connectivity index (χ2v) is 4.86. The third kappa shape index (κ3) is 2.56. The van der Waals surface area contributed by atoms with Crippen LogP contribution in [0.5, 0.6) is 0 Å². The summed E-state index contributed by atoms with van der Waals surface area (Å²) in [5.74, 6) is 0.730. The minimum absolute atomic E-state index is 0.0143. The Labute approximate surface area is 122 Å². The quantitative estimate of drug-likeness (QED) is 0.803. The molecule has 0 saturated carbocycles. The van der Waals surface area contributed by atoms with Crippen LogP contribution in [0.3, 0.4) is 0 Å². The van der Waals surface area contributed by atoms with Crippen LogP contribution >= 0.6 is 0 Å². The zero-order valence-corrected chi connectivity index (χ0v) is 11.6. The van der Waals surface area contributed by atoms with Gasteiger partial charge in [0.25, 0.3) is 0 Å². The Balaban J connectivity index is 1.73. The summed E-state index contributed by atoms with van der Waals surface area (Å²) < 4.78 is 1.68. The van der Waals surface area contributed by atoms with Crippen molar-refractivity contribution in [2.45, 2.75) is 0 Å². The van der Waals surface area contributed by atoms with Gasteiger partial charge in [-0.3, -0.25) is 9.48 Å². The molecule has 0 radical (unpaired) electrons. The normalized spacial score (nSPS) is 15.1. The molecule has 0 spiro atoms.